The second-order valence-corrected chi connectivity index (χ2v) is 2.96. The number of hydrazine groups is 1. The van der Waals surface area contributed by atoms with Crippen LogP contribution in [0.2, 0.25) is 0 Å². The first-order valence-electron chi connectivity index (χ1n) is 4.33. The van der Waals surface area contributed by atoms with Crippen LogP contribution in [0.5, 0.6) is 0 Å². The van der Waals surface area contributed by atoms with Crippen LogP contribution in [0.3, 0.4) is 0 Å². The molecule has 0 spiro atoms. The Morgan fingerprint density at radius 2 is 2.00 bits per heavy atom. The summed E-state index contributed by atoms with van der Waals surface area (Å²) >= 11 is 0. The first-order valence-corrected chi connectivity index (χ1v) is 4.33. The first kappa shape index (κ1) is 8.90. The van der Waals surface area contributed by atoms with Crippen LogP contribution in [0, 0.1) is 0 Å². The molecule has 0 fully saturated rings. The number of anilines is 1. The van der Waals surface area contributed by atoms with E-state index in [1.807, 2.05) is 24.3 Å². The van der Waals surface area contributed by atoms with Gasteiger partial charge in [-0.05, 0) is 0 Å². The summed E-state index contributed by atoms with van der Waals surface area (Å²) in [6.07, 6.45) is 1.75. The van der Waals surface area contributed by atoms with Crippen molar-refractivity contribution in [2.75, 3.05) is 5.43 Å². The zero-order valence-electron chi connectivity index (χ0n) is 7.70. The molecule has 14 heavy (non-hydrogen) atoms. The maximum atomic E-state index is 5.37. The van der Waals surface area contributed by atoms with E-state index in [1.54, 1.807) is 13.1 Å². The van der Waals surface area contributed by atoms with Crippen LogP contribution < -0.4 is 16.7 Å². The maximum absolute atomic E-state index is 5.37. The van der Waals surface area contributed by atoms with E-state index in [-0.39, 0.29) is 0 Å². The number of fused-ring (bicyclic) bond motifs is 1. The molecule has 3 nitrogen and oxygen atoms in total. The summed E-state index contributed by atoms with van der Waals surface area (Å²) in [5, 5.41) is 2.11. The van der Waals surface area contributed by atoms with Crippen LogP contribution in [0.15, 0.2) is 30.5 Å². The molecule has 0 saturated heterocycles. The molecule has 0 amide bonds. The molecule has 0 aliphatic heterocycles. The van der Waals surface area contributed by atoms with E-state index in [4.69, 9.17) is 5.84 Å². The molecule has 2 rings (SSSR count). The van der Waals surface area contributed by atoms with Crippen LogP contribution in [0.4, 0.5) is 5.82 Å². The van der Waals surface area contributed by atoms with Crippen LogP contribution in [0.25, 0.3) is 10.8 Å². The number of nitrogens with two attached hydrogens (primary N) is 1. The van der Waals surface area contributed by atoms with Crippen LogP contribution in [0.1, 0.15) is 0 Å². The SMILES string of the molecule is C=Bc1cnc(NN)c2ccccc12. The van der Waals surface area contributed by atoms with Gasteiger partial charge in [0.2, 0.25) is 0 Å². The normalized spacial score (nSPS) is 9.79. The van der Waals surface area contributed by atoms with Crippen molar-refractivity contribution in [3.05, 3.63) is 30.5 Å². The monoisotopic (exact) mass is 183 g/mol. The number of nitrogens with one attached hydrogen (secondary N) is 1. The van der Waals surface area contributed by atoms with Crippen molar-refractivity contribution in [1.29, 1.82) is 0 Å². The number of nitrogen functional groups attached to an aromatic ring is 1. The molecule has 0 saturated carbocycles. The number of nitrogens with zero attached hydrogens (tertiary/aromatic N) is 1. The topological polar surface area (TPSA) is 50.9 Å². The number of benzene rings is 1. The van der Waals surface area contributed by atoms with E-state index in [2.05, 4.69) is 16.9 Å². The molecule has 4 heteroatoms. The molecule has 1 aromatic heterocycles. The molecule has 0 unspecified atom stereocenters. The first-order chi connectivity index (χ1) is 6.86. The van der Waals surface area contributed by atoms with E-state index in [0.29, 0.717) is 5.82 Å². The fourth-order valence-electron chi connectivity index (χ4n) is 1.49. The fraction of sp³-hybridized carbons (Fsp3) is 0. The number of pyridine rings is 1. The Morgan fingerprint density at radius 3 is 2.64 bits per heavy atom. The summed E-state index contributed by atoms with van der Waals surface area (Å²) in [7, 11) is 0. The van der Waals surface area contributed by atoms with Gasteiger partial charge >= 0.3 is 82.2 Å². The van der Waals surface area contributed by atoms with Gasteiger partial charge in [0.25, 0.3) is 0 Å². The zero-order valence-corrected chi connectivity index (χ0v) is 7.70. The molecular weight excluding hydrogens is 173 g/mol. The van der Waals surface area contributed by atoms with Crippen LogP contribution in [-0.4, -0.2) is 18.4 Å². The van der Waals surface area contributed by atoms with Gasteiger partial charge in [0.15, 0.2) is 0 Å². The summed E-state index contributed by atoms with van der Waals surface area (Å²) in [6.45, 7) is 5.53. The average Bonchev–Trinajstić information content (AvgIpc) is 2.27. The minimum absolute atomic E-state index is 0.686. The van der Waals surface area contributed by atoms with Crippen molar-refractivity contribution in [2.45, 2.75) is 0 Å². The molecule has 0 aliphatic carbocycles. The predicted molar refractivity (Wildman–Crippen MR) is 62.1 cm³/mol. The van der Waals surface area contributed by atoms with Gasteiger partial charge in [0.1, 0.15) is 0 Å². The molecule has 0 radical (unpaired) electrons. The van der Waals surface area contributed by atoms with Gasteiger partial charge in [-0.15, -0.1) is 0 Å². The van der Waals surface area contributed by atoms with Crippen molar-refractivity contribution in [1.82, 2.24) is 4.98 Å². The molecule has 1 aromatic carbocycles. The van der Waals surface area contributed by atoms with Gasteiger partial charge < -0.3 is 0 Å². The van der Waals surface area contributed by atoms with Crippen molar-refractivity contribution >= 4 is 35.4 Å². The Labute approximate surface area is 82.8 Å². The van der Waals surface area contributed by atoms with E-state index < -0.39 is 0 Å². The molecule has 2 aromatic rings. The summed E-state index contributed by atoms with van der Waals surface area (Å²) in [4.78, 5) is 4.19. The van der Waals surface area contributed by atoms with Crippen LogP contribution >= 0.6 is 0 Å². The van der Waals surface area contributed by atoms with Gasteiger partial charge in [-0.2, -0.15) is 0 Å². The van der Waals surface area contributed by atoms with E-state index in [9.17, 15) is 0 Å². The Kier molecular flexibility index (Phi) is 2.29. The van der Waals surface area contributed by atoms with Gasteiger partial charge in [0, 0.05) is 0 Å². The number of hydrogen-bond donors (Lipinski definition) is 2. The Bertz CT molecular complexity index is 482. The van der Waals surface area contributed by atoms with Gasteiger partial charge in [-0.1, -0.05) is 0 Å². The van der Waals surface area contributed by atoms with Crippen molar-refractivity contribution in [2.24, 2.45) is 5.84 Å². The molecule has 0 bridgehead atoms. The molecule has 0 aliphatic rings. The molecule has 0 atom stereocenters. The molecular formula is C10H10BN3. The van der Waals surface area contributed by atoms with E-state index in [1.165, 1.54) is 0 Å². The number of rotatable bonds is 2. The summed E-state index contributed by atoms with van der Waals surface area (Å²) in [6, 6.07) is 7.94. The Morgan fingerprint density at radius 1 is 1.29 bits per heavy atom. The average molecular weight is 183 g/mol. The molecule has 1 heterocycles. The van der Waals surface area contributed by atoms with Crippen molar-refractivity contribution < 1.29 is 0 Å². The standard InChI is InChI=1S/C10H10BN3/c1-11-9-6-13-10(14-12)8-5-3-2-4-7(8)9/h2-6H,1,12H2,(H,13,14). The van der Waals surface area contributed by atoms with Gasteiger partial charge in [-0.25, -0.2) is 0 Å². The third-order valence-electron chi connectivity index (χ3n) is 2.18. The van der Waals surface area contributed by atoms with E-state index >= 15 is 0 Å². The van der Waals surface area contributed by atoms with Gasteiger partial charge in [-0.3, -0.25) is 0 Å². The second-order valence-electron chi connectivity index (χ2n) is 2.96. The van der Waals surface area contributed by atoms with Crippen molar-refractivity contribution in [3.8, 4) is 0 Å². The third kappa shape index (κ3) is 1.30. The third-order valence-corrected chi connectivity index (χ3v) is 2.18. The Hall–Kier alpha value is -1.68. The van der Waals surface area contributed by atoms with E-state index in [0.717, 1.165) is 16.2 Å². The molecule has 3 N–H and O–H groups in total. The quantitative estimate of drug-likeness (QED) is 0.399. The summed E-state index contributed by atoms with van der Waals surface area (Å²) in [5.74, 6) is 6.06. The fourth-order valence-corrected chi connectivity index (χ4v) is 1.49. The Balaban J connectivity index is 2.84. The second kappa shape index (κ2) is 3.60. The summed E-state index contributed by atoms with van der Waals surface area (Å²) in [5.41, 5.74) is 3.59. The zero-order chi connectivity index (χ0) is 9.97. The minimum atomic E-state index is 0.686. The predicted octanol–water partition coefficient (Wildman–Crippen LogP) is 0.282. The number of aromatic nitrogens is 1. The van der Waals surface area contributed by atoms with Crippen molar-refractivity contribution in [3.63, 3.8) is 0 Å². The number of hydrogen-bond acceptors (Lipinski definition) is 3. The van der Waals surface area contributed by atoms with Gasteiger partial charge in [0.05, 0.1) is 0 Å². The summed E-state index contributed by atoms with van der Waals surface area (Å²) < 4.78 is 0. The van der Waals surface area contributed by atoms with Crippen LogP contribution in [-0.2, 0) is 0 Å². The molecule has 68 valence electrons.